The van der Waals surface area contributed by atoms with E-state index < -0.39 is 0 Å². The zero-order valence-electron chi connectivity index (χ0n) is 10.7. The molecule has 3 rings (SSSR count). The molecule has 1 aliphatic heterocycles. The summed E-state index contributed by atoms with van der Waals surface area (Å²) in [7, 11) is 0. The van der Waals surface area contributed by atoms with E-state index in [4.69, 9.17) is 0 Å². The van der Waals surface area contributed by atoms with Crippen LogP contribution in [-0.2, 0) is 0 Å². The molecule has 1 aromatic heterocycles. The standard InChI is InChI=1S/C13H19N3OS/c1-9-3-2-6-16(7-9)13-15-11(8-18-13)12(17)14-10-4-5-10/h8-10H,2-7H2,1H3,(H,14,17). The third-order valence-electron chi connectivity index (χ3n) is 3.56. The van der Waals surface area contributed by atoms with Crippen molar-refractivity contribution in [3.05, 3.63) is 11.1 Å². The molecule has 2 aliphatic rings. The Kier molecular flexibility index (Phi) is 3.24. The Morgan fingerprint density at radius 1 is 1.50 bits per heavy atom. The molecule has 2 heterocycles. The maximum Gasteiger partial charge on any atom is 0.271 e. The van der Waals surface area contributed by atoms with E-state index in [2.05, 4.69) is 22.1 Å². The second-order valence-corrected chi connectivity index (χ2v) is 6.29. The summed E-state index contributed by atoms with van der Waals surface area (Å²) in [5, 5.41) is 5.87. The molecule has 1 atom stereocenters. The number of aromatic nitrogens is 1. The van der Waals surface area contributed by atoms with Gasteiger partial charge in [0.05, 0.1) is 0 Å². The van der Waals surface area contributed by atoms with Crippen molar-refractivity contribution < 1.29 is 4.79 Å². The first-order valence-corrected chi connectivity index (χ1v) is 7.61. The third-order valence-corrected chi connectivity index (χ3v) is 4.47. The van der Waals surface area contributed by atoms with E-state index in [-0.39, 0.29) is 5.91 Å². The molecule has 0 aromatic carbocycles. The first-order valence-electron chi connectivity index (χ1n) is 6.73. The van der Waals surface area contributed by atoms with Crippen LogP contribution in [0.2, 0.25) is 0 Å². The second-order valence-electron chi connectivity index (χ2n) is 5.46. The SMILES string of the molecule is CC1CCCN(c2nc(C(=O)NC3CC3)cs2)C1. The molecule has 1 aromatic rings. The Balaban J connectivity index is 1.66. The lowest BCUT2D eigenvalue weighted by Crippen LogP contribution is -2.34. The first-order chi connectivity index (χ1) is 8.72. The average molecular weight is 265 g/mol. The molecule has 0 spiro atoms. The number of amides is 1. The van der Waals surface area contributed by atoms with Gasteiger partial charge in [0.25, 0.3) is 5.91 Å². The minimum atomic E-state index is -0.00921. The average Bonchev–Trinajstić information content (AvgIpc) is 3.03. The highest BCUT2D eigenvalue weighted by Crippen LogP contribution is 2.26. The summed E-state index contributed by atoms with van der Waals surface area (Å²) in [6.07, 6.45) is 4.76. The summed E-state index contributed by atoms with van der Waals surface area (Å²) >= 11 is 1.59. The number of carbonyl (C=O) groups is 1. The molecule has 1 saturated carbocycles. The maximum absolute atomic E-state index is 11.9. The molecule has 1 unspecified atom stereocenters. The summed E-state index contributed by atoms with van der Waals surface area (Å²) < 4.78 is 0. The van der Waals surface area contributed by atoms with Gasteiger partial charge in [0.15, 0.2) is 5.13 Å². The van der Waals surface area contributed by atoms with Crippen molar-refractivity contribution in [2.24, 2.45) is 5.92 Å². The monoisotopic (exact) mass is 265 g/mol. The van der Waals surface area contributed by atoms with Gasteiger partial charge >= 0.3 is 0 Å². The zero-order valence-corrected chi connectivity index (χ0v) is 11.5. The first kappa shape index (κ1) is 12.0. The van der Waals surface area contributed by atoms with Crippen LogP contribution in [0.5, 0.6) is 0 Å². The minimum Gasteiger partial charge on any atom is -0.348 e. The van der Waals surface area contributed by atoms with E-state index in [1.165, 1.54) is 12.8 Å². The Morgan fingerprint density at radius 3 is 3.06 bits per heavy atom. The number of nitrogens with one attached hydrogen (secondary N) is 1. The van der Waals surface area contributed by atoms with E-state index in [9.17, 15) is 4.79 Å². The molecular weight excluding hydrogens is 246 g/mol. The van der Waals surface area contributed by atoms with Gasteiger partial charge in [-0.3, -0.25) is 4.79 Å². The molecule has 98 valence electrons. The van der Waals surface area contributed by atoms with Crippen LogP contribution in [0.15, 0.2) is 5.38 Å². The number of piperidine rings is 1. The molecule has 1 amide bonds. The predicted octanol–water partition coefficient (Wildman–Crippen LogP) is 2.27. The topological polar surface area (TPSA) is 45.2 Å². The van der Waals surface area contributed by atoms with Gasteiger partial charge in [0, 0.05) is 24.5 Å². The van der Waals surface area contributed by atoms with Crippen LogP contribution in [0.4, 0.5) is 5.13 Å². The van der Waals surface area contributed by atoms with Crippen LogP contribution in [0.25, 0.3) is 0 Å². The van der Waals surface area contributed by atoms with Crippen molar-refractivity contribution in [2.45, 2.75) is 38.6 Å². The maximum atomic E-state index is 11.9. The van der Waals surface area contributed by atoms with Crippen LogP contribution >= 0.6 is 11.3 Å². The van der Waals surface area contributed by atoms with Crippen LogP contribution in [0.3, 0.4) is 0 Å². The minimum absolute atomic E-state index is 0.00921. The van der Waals surface area contributed by atoms with Gasteiger partial charge in [0.1, 0.15) is 5.69 Å². The number of hydrogen-bond acceptors (Lipinski definition) is 4. The fourth-order valence-electron chi connectivity index (χ4n) is 2.36. The van der Waals surface area contributed by atoms with Crippen LogP contribution < -0.4 is 10.2 Å². The molecule has 1 saturated heterocycles. The summed E-state index contributed by atoms with van der Waals surface area (Å²) in [6.45, 7) is 4.42. The lowest BCUT2D eigenvalue weighted by Gasteiger charge is -2.30. The van der Waals surface area contributed by atoms with E-state index >= 15 is 0 Å². The lowest BCUT2D eigenvalue weighted by molar-refractivity contribution is 0.0947. The van der Waals surface area contributed by atoms with Crippen molar-refractivity contribution in [1.82, 2.24) is 10.3 Å². The number of hydrogen-bond donors (Lipinski definition) is 1. The van der Waals surface area contributed by atoms with E-state index in [1.807, 2.05) is 5.38 Å². The number of anilines is 1. The highest BCUT2D eigenvalue weighted by molar-refractivity contribution is 7.13. The molecule has 0 radical (unpaired) electrons. The van der Waals surface area contributed by atoms with Gasteiger partial charge < -0.3 is 10.2 Å². The molecule has 4 nitrogen and oxygen atoms in total. The van der Waals surface area contributed by atoms with Gasteiger partial charge in [0.2, 0.25) is 0 Å². The van der Waals surface area contributed by atoms with Crippen LogP contribution in [-0.4, -0.2) is 30.0 Å². The Morgan fingerprint density at radius 2 is 2.33 bits per heavy atom. The predicted molar refractivity (Wildman–Crippen MR) is 73.2 cm³/mol. The Hall–Kier alpha value is -1.10. The number of rotatable bonds is 3. The van der Waals surface area contributed by atoms with Gasteiger partial charge in [-0.1, -0.05) is 6.92 Å². The normalized spacial score (nSPS) is 24.1. The molecule has 18 heavy (non-hydrogen) atoms. The molecule has 1 aliphatic carbocycles. The van der Waals surface area contributed by atoms with Gasteiger partial charge in [-0.2, -0.15) is 0 Å². The van der Waals surface area contributed by atoms with Crippen molar-refractivity contribution in [1.29, 1.82) is 0 Å². The van der Waals surface area contributed by atoms with Gasteiger partial charge in [-0.25, -0.2) is 4.98 Å². The van der Waals surface area contributed by atoms with Crippen LogP contribution in [0.1, 0.15) is 43.1 Å². The fourth-order valence-corrected chi connectivity index (χ4v) is 3.21. The van der Waals surface area contributed by atoms with Crippen molar-refractivity contribution in [3.8, 4) is 0 Å². The van der Waals surface area contributed by atoms with Crippen LogP contribution in [0, 0.1) is 5.92 Å². The summed E-state index contributed by atoms with van der Waals surface area (Å²) in [5.41, 5.74) is 0.583. The highest BCUT2D eigenvalue weighted by atomic mass is 32.1. The molecule has 0 bridgehead atoms. The summed E-state index contributed by atoms with van der Waals surface area (Å²) in [4.78, 5) is 18.7. The molecular formula is C13H19N3OS. The smallest absolute Gasteiger partial charge is 0.271 e. The molecule has 1 N–H and O–H groups in total. The van der Waals surface area contributed by atoms with Crippen molar-refractivity contribution in [3.63, 3.8) is 0 Å². The fraction of sp³-hybridized carbons (Fsp3) is 0.692. The van der Waals surface area contributed by atoms with Gasteiger partial charge in [-0.15, -0.1) is 11.3 Å². The van der Waals surface area contributed by atoms with Crippen molar-refractivity contribution in [2.75, 3.05) is 18.0 Å². The molecule has 5 heteroatoms. The van der Waals surface area contributed by atoms with E-state index in [0.29, 0.717) is 11.7 Å². The Bertz CT molecular complexity index is 441. The Labute approximate surface area is 111 Å². The van der Waals surface area contributed by atoms with Gasteiger partial charge in [-0.05, 0) is 31.6 Å². The number of carbonyl (C=O) groups excluding carboxylic acids is 1. The van der Waals surface area contributed by atoms with E-state index in [0.717, 1.165) is 37.0 Å². The van der Waals surface area contributed by atoms with E-state index in [1.54, 1.807) is 11.3 Å². The van der Waals surface area contributed by atoms with Crippen molar-refractivity contribution >= 4 is 22.4 Å². The zero-order chi connectivity index (χ0) is 12.5. The summed E-state index contributed by atoms with van der Waals surface area (Å²) in [6, 6.07) is 0.401. The quantitative estimate of drug-likeness (QED) is 0.912. The number of thiazole rings is 1. The summed E-state index contributed by atoms with van der Waals surface area (Å²) in [5.74, 6) is 0.719. The lowest BCUT2D eigenvalue weighted by atomic mass is 10.0. The third kappa shape index (κ3) is 2.66. The molecule has 2 fully saturated rings. The largest absolute Gasteiger partial charge is 0.348 e. The number of nitrogens with zero attached hydrogens (tertiary/aromatic N) is 2. The second kappa shape index (κ2) is 4.88. The highest BCUT2D eigenvalue weighted by Gasteiger charge is 2.25.